The first-order valence-electron chi connectivity index (χ1n) is 5.29. The first-order valence-corrected chi connectivity index (χ1v) is 5.29. The van der Waals surface area contributed by atoms with Gasteiger partial charge in [0.25, 0.3) is 0 Å². The number of halogens is 3. The standard InChI is InChI=1S/C12H16F3N/c1-7(2)3-9(16)4-8-5-11(14)12(15)6-10(8)13/h5-7,9H,3-4,16H2,1-2H3. The molecule has 0 heterocycles. The summed E-state index contributed by atoms with van der Waals surface area (Å²) in [4.78, 5) is 0. The summed E-state index contributed by atoms with van der Waals surface area (Å²) in [5, 5.41) is 0. The molecular formula is C12H16F3N. The fraction of sp³-hybridized carbons (Fsp3) is 0.500. The quantitative estimate of drug-likeness (QED) is 0.792. The van der Waals surface area contributed by atoms with Crippen molar-refractivity contribution in [1.29, 1.82) is 0 Å². The highest BCUT2D eigenvalue weighted by atomic mass is 19.2. The summed E-state index contributed by atoms with van der Waals surface area (Å²) >= 11 is 0. The van der Waals surface area contributed by atoms with Crippen LogP contribution in [-0.2, 0) is 6.42 Å². The molecule has 0 radical (unpaired) electrons. The zero-order valence-electron chi connectivity index (χ0n) is 9.43. The molecule has 0 saturated carbocycles. The summed E-state index contributed by atoms with van der Waals surface area (Å²) in [7, 11) is 0. The SMILES string of the molecule is CC(C)CC(N)Cc1cc(F)c(F)cc1F. The van der Waals surface area contributed by atoms with E-state index in [-0.39, 0.29) is 18.0 Å². The molecule has 0 amide bonds. The summed E-state index contributed by atoms with van der Waals surface area (Å²) in [6.07, 6.45) is 0.944. The van der Waals surface area contributed by atoms with E-state index >= 15 is 0 Å². The molecule has 2 N–H and O–H groups in total. The summed E-state index contributed by atoms with van der Waals surface area (Å²) in [6.45, 7) is 4.00. The fourth-order valence-corrected chi connectivity index (χ4v) is 1.69. The molecule has 1 atom stereocenters. The van der Waals surface area contributed by atoms with Crippen LogP contribution in [0.3, 0.4) is 0 Å². The van der Waals surface area contributed by atoms with Gasteiger partial charge in [-0.25, -0.2) is 13.2 Å². The Morgan fingerprint density at radius 1 is 1.06 bits per heavy atom. The van der Waals surface area contributed by atoms with Gasteiger partial charge in [0.15, 0.2) is 11.6 Å². The van der Waals surface area contributed by atoms with Gasteiger partial charge < -0.3 is 5.73 Å². The van der Waals surface area contributed by atoms with E-state index in [0.717, 1.165) is 12.5 Å². The number of benzene rings is 1. The Hall–Kier alpha value is -1.03. The van der Waals surface area contributed by atoms with E-state index in [2.05, 4.69) is 0 Å². The molecule has 4 heteroatoms. The maximum atomic E-state index is 13.3. The van der Waals surface area contributed by atoms with Crippen LogP contribution in [-0.4, -0.2) is 6.04 Å². The molecule has 1 nitrogen and oxygen atoms in total. The van der Waals surface area contributed by atoms with E-state index in [1.54, 1.807) is 0 Å². The molecular weight excluding hydrogens is 215 g/mol. The third-order valence-electron chi connectivity index (χ3n) is 2.35. The number of nitrogens with two attached hydrogens (primary N) is 1. The number of hydrogen-bond acceptors (Lipinski definition) is 1. The fourth-order valence-electron chi connectivity index (χ4n) is 1.69. The lowest BCUT2D eigenvalue weighted by Crippen LogP contribution is -2.25. The molecule has 0 fully saturated rings. The van der Waals surface area contributed by atoms with E-state index in [1.165, 1.54) is 0 Å². The molecule has 0 aliphatic heterocycles. The van der Waals surface area contributed by atoms with E-state index in [9.17, 15) is 13.2 Å². The lowest BCUT2D eigenvalue weighted by molar-refractivity contribution is 0.468. The van der Waals surface area contributed by atoms with Crippen LogP contribution in [0.15, 0.2) is 12.1 Å². The normalized spacial score (nSPS) is 13.2. The molecule has 16 heavy (non-hydrogen) atoms. The summed E-state index contributed by atoms with van der Waals surface area (Å²) in [5.41, 5.74) is 5.91. The van der Waals surface area contributed by atoms with Crippen LogP contribution in [0.25, 0.3) is 0 Å². The van der Waals surface area contributed by atoms with E-state index in [1.807, 2.05) is 13.8 Å². The van der Waals surface area contributed by atoms with Crippen molar-refractivity contribution < 1.29 is 13.2 Å². The lowest BCUT2D eigenvalue weighted by Gasteiger charge is -2.14. The van der Waals surface area contributed by atoms with Gasteiger partial charge in [0, 0.05) is 12.1 Å². The molecule has 0 aliphatic rings. The highest BCUT2D eigenvalue weighted by Gasteiger charge is 2.13. The van der Waals surface area contributed by atoms with Crippen molar-refractivity contribution in [3.05, 3.63) is 35.1 Å². The van der Waals surface area contributed by atoms with Gasteiger partial charge in [0.05, 0.1) is 0 Å². The van der Waals surface area contributed by atoms with Gasteiger partial charge in [-0.15, -0.1) is 0 Å². The topological polar surface area (TPSA) is 26.0 Å². The Balaban J connectivity index is 2.77. The molecule has 1 aromatic carbocycles. The molecule has 90 valence electrons. The van der Waals surface area contributed by atoms with Crippen molar-refractivity contribution in [2.24, 2.45) is 11.7 Å². The number of hydrogen-bond donors (Lipinski definition) is 1. The number of rotatable bonds is 4. The predicted octanol–water partition coefficient (Wildman–Crippen LogP) is 3.02. The van der Waals surface area contributed by atoms with Crippen molar-refractivity contribution in [2.75, 3.05) is 0 Å². The monoisotopic (exact) mass is 231 g/mol. The molecule has 0 bridgehead atoms. The van der Waals surface area contributed by atoms with Crippen LogP contribution < -0.4 is 5.73 Å². The van der Waals surface area contributed by atoms with Crippen LogP contribution in [0.2, 0.25) is 0 Å². The van der Waals surface area contributed by atoms with Crippen molar-refractivity contribution in [3.8, 4) is 0 Å². The predicted molar refractivity (Wildman–Crippen MR) is 57.5 cm³/mol. The minimum atomic E-state index is -1.17. The van der Waals surface area contributed by atoms with Crippen LogP contribution in [0, 0.1) is 23.4 Å². The minimum Gasteiger partial charge on any atom is -0.327 e. The Morgan fingerprint density at radius 2 is 1.62 bits per heavy atom. The summed E-state index contributed by atoms with van der Waals surface area (Å²) < 4.78 is 38.8. The van der Waals surface area contributed by atoms with Crippen molar-refractivity contribution in [3.63, 3.8) is 0 Å². The van der Waals surface area contributed by atoms with Gasteiger partial charge in [-0.05, 0) is 30.4 Å². The molecule has 1 unspecified atom stereocenters. The molecule has 0 aromatic heterocycles. The Bertz CT molecular complexity index is 364. The zero-order valence-corrected chi connectivity index (χ0v) is 9.43. The molecule has 0 aliphatic carbocycles. The van der Waals surface area contributed by atoms with Crippen LogP contribution in [0.4, 0.5) is 13.2 Å². The average molecular weight is 231 g/mol. The van der Waals surface area contributed by atoms with Gasteiger partial charge in [-0.3, -0.25) is 0 Å². The van der Waals surface area contributed by atoms with Crippen LogP contribution in [0.1, 0.15) is 25.8 Å². The van der Waals surface area contributed by atoms with Crippen molar-refractivity contribution in [1.82, 2.24) is 0 Å². The van der Waals surface area contributed by atoms with Crippen LogP contribution in [0.5, 0.6) is 0 Å². The molecule has 1 aromatic rings. The van der Waals surface area contributed by atoms with Gasteiger partial charge in [-0.2, -0.15) is 0 Å². The second-order valence-corrected chi connectivity index (χ2v) is 4.45. The van der Waals surface area contributed by atoms with E-state index in [4.69, 9.17) is 5.73 Å². The Labute approximate surface area is 93.5 Å². The van der Waals surface area contributed by atoms with Gasteiger partial charge in [0.2, 0.25) is 0 Å². The average Bonchev–Trinajstić information content (AvgIpc) is 2.12. The molecule has 1 rings (SSSR count). The smallest absolute Gasteiger partial charge is 0.161 e. The second-order valence-electron chi connectivity index (χ2n) is 4.45. The van der Waals surface area contributed by atoms with Crippen molar-refractivity contribution in [2.45, 2.75) is 32.7 Å². The molecule has 0 saturated heterocycles. The summed E-state index contributed by atoms with van der Waals surface area (Å²) in [6, 6.07) is 1.21. The first kappa shape index (κ1) is 13.0. The Morgan fingerprint density at radius 3 is 2.19 bits per heavy atom. The summed E-state index contributed by atoms with van der Waals surface area (Å²) in [5.74, 6) is -2.55. The minimum absolute atomic E-state index is 0.132. The second kappa shape index (κ2) is 5.34. The lowest BCUT2D eigenvalue weighted by atomic mass is 9.98. The van der Waals surface area contributed by atoms with E-state index < -0.39 is 17.5 Å². The van der Waals surface area contributed by atoms with Gasteiger partial charge in [0.1, 0.15) is 5.82 Å². The van der Waals surface area contributed by atoms with Crippen LogP contribution >= 0.6 is 0 Å². The largest absolute Gasteiger partial charge is 0.327 e. The van der Waals surface area contributed by atoms with Gasteiger partial charge >= 0.3 is 0 Å². The van der Waals surface area contributed by atoms with Crippen molar-refractivity contribution >= 4 is 0 Å². The maximum Gasteiger partial charge on any atom is 0.161 e. The van der Waals surface area contributed by atoms with Gasteiger partial charge in [-0.1, -0.05) is 13.8 Å². The third kappa shape index (κ3) is 3.52. The zero-order chi connectivity index (χ0) is 12.3. The molecule has 0 spiro atoms. The highest BCUT2D eigenvalue weighted by Crippen LogP contribution is 2.16. The third-order valence-corrected chi connectivity index (χ3v) is 2.35. The maximum absolute atomic E-state index is 13.3. The Kier molecular flexibility index (Phi) is 4.35. The highest BCUT2D eigenvalue weighted by molar-refractivity contribution is 5.21. The first-order chi connectivity index (χ1) is 7.40. The van der Waals surface area contributed by atoms with E-state index in [0.29, 0.717) is 12.0 Å².